The molecule has 1 N–H and O–H groups in total. The number of ether oxygens (including phenoxy) is 2. The molecule has 1 saturated heterocycles. The van der Waals surface area contributed by atoms with E-state index in [1.54, 1.807) is 18.2 Å². The molecule has 2 fully saturated rings. The van der Waals surface area contributed by atoms with Gasteiger partial charge in [0.05, 0.1) is 4.90 Å². The second kappa shape index (κ2) is 6.78. The van der Waals surface area contributed by atoms with Crippen LogP contribution in [0.15, 0.2) is 23.1 Å². The van der Waals surface area contributed by atoms with Gasteiger partial charge in [0.25, 0.3) is 0 Å². The van der Waals surface area contributed by atoms with E-state index in [4.69, 9.17) is 9.47 Å². The molecule has 1 saturated carbocycles. The maximum Gasteiger partial charge on any atom is 0.240 e. The number of piperidine rings is 1. The average Bonchev–Trinajstić information content (AvgIpc) is 3.40. The standard InChI is InChI=1S/C18H26N2O4S/c21-25(22,15-4-5-16-17(12-15)24-11-10-23-16)19-13-18(6-7-18)14-20-8-2-1-3-9-20/h4-5,12,19H,1-3,6-11,13-14H2. The highest BCUT2D eigenvalue weighted by Gasteiger charge is 2.44. The van der Waals surface area contributed by atoms with Crippen LogP contribution < -0.4 is 14.2 Å². The molecule has 0 radical (unpaired) electrons. The third-order valence-electron chi connectivity index (χ3n) is 5.43. The Kier molecular flexibility index (Phi) is 4.64. The SMILES string of the molecule is O=S(=O)(NCC1(CN2CCCCC2)CC1)c1ccc2c(c1)OCCO2. The molecule has 0 aromatic heterocycles. The van der Waals surface area contributed by atoms with Crippen LogP contribution in [0.5, 0.6) is 11.5 Å². The lowest BCUT2D eigenvalue weighted by atomic mass is 10.0. The molecule has 1 aromatic rings. The largest absolute Gasteiger partial charge is 0.486 e. The van der Waals surface area contributed by atoms with Gasteiger partial charge in [-0.15, -0.1) is 0 Å². The van der Waals surface area contributed by atoms with Crippen molar-refractivity contribution in [1.29, 1.82) is 0 Å². The fourth-order valence-corrected chi connectivity index (χ4v) is 4.85. The zero-order chi connectivity index (χ0) is 17.3. The van der Waals surface area contributed by atoms with Crippen LogP contribution in [0, 0.1) is 5.41 Å². The summed E-state index contributed by atoms with van der Waals surface area (Å²) in [6, 6.07) is 4.81. The van der Waals surface area contributed by atoms with Crippen molar-refractivity contribution < 1.29 is 17.9 Å². The first kappa shape index (κ1) is 17.1. The number of hydrogen-bond donors (Lipinski definition) is 1. The Morgan fingerprint density at radius 1 is 1.04 bits per heavy atom. The van der Waals surface area contributed by atoms with Gasteiger partial charge in [-0.2, -0.15) is 0 Å². The van der Waals surface area contributed by atoms with Crippen LogP contribution in [0.2, 0.25) is 0 Å². The molecule has 0 amide bonds. The third kappa shape index (κ3) is 3.93. The highest BCUT2D eigenvalue weighted by molar-refractivity contribution is 7.89. The lowest BCUT2D eigenvalue weighted by Crippen LogP contribution is -2.40. The van der Waals surface area contributed by atoms with E-state index >= 15 is 0 Å². The van der Waals surface area contributed by atoms with Gasteiger partial charge in [-0.1, -0.05) is 6.42 Å². The molecule has 7 heteroatoms. The monoisotopic (exact) mass is 366 g/mol. The number of likely N-dealkylation sites (tertiary alicyclic amines) is 1. The van der Waals surface area contributed by atoms with Gasteiger partial charge in [-0.3, -0.25) is 0 Å². The molecule has 3 aliphatic rings. The summed E-state index contributed by atoms with van der Waals surface area (Å²) >= 11 is 0. The summed E-state index contributed by atoms with van der Waals surface area (Å²) in [6.07, 6.45) is 6.05. The van der Waals surface area contributed by atoms with Crippen molar-refractivity contribution in [3.63, 3.8) is 0 Å². The number of hydrogen-bond acceptors (Lipinski definition) is 5. The van der Waals surface area contributed by atoms with Gasteiger partial charge in [0.15, 0.2) is 11.5 Å². The van der Waals surface area contributed by atoms with E-state index in [9.17, 15) is 8.42 Å². The molecule has 2 aliphatic heterocycles. The van der Waals surface area contributed by atoms with Crippen LogP contribution in [0.4, 0.5) is 0 Å². The van der Waals surface area contributed by atoms with E-state index < -0.39 is 10.0 Å². The zero-order valence-electron chi connectivity index (χ0n) is 14.5. The number of nitrogens with one attached hydrogen (secondary N) is 1. The van der Waals surface area contributed by atoms with Crippen LogP contribution in [0.25, 0.3) is 0 Å². The highest BCUT2D eigenvalue weighted by Crippen LogP contribution is 2.46. The molecule has 4 rings (SSSR count). The average molecular weight is 366 g/mol. The summed E-state index contributed by atoms with van der Waals surface area (Å²) in [5.74, 6) is 1.11. The second-order valence-electron chi connectivity index (χ2n) is 7.47. The van der Waals surface area contributed by atoms with E-state index in [1.165, 1.54) is 19.3 Å². The van der Waals surface area contributed by atoms with Crippen molar-refractivity contribution in [1.82, 2.24) is 9.62 Å². The van der Waals surface area contributed by atoms with Gasteiger partial charge in [-0.25, -0.2) is 13.1 Å². The molecule has 0 spiro atoms. The van der Waals surface area contributed by atoms with Gasteiger partial charge in [0, 0.05) is 19.2 Å². The smallest absolute Gasteiger partial charge is 0.240 e. The van der Waals surface area contributed by atoms with E-state index in [0.717, 1.165) is 32.5 Å². The number of fused-ring (bicyclic) bond motifs is 1. The van der Waals surface area contributed by atoms with Crippen molar-refractivity contribution in [2.45, 2.75) is 37.0 Å². The van der Waals surface area contributed by atoms with Crippen LogP contribution in [0.3, 0.4) is 0 Å². The fourth-order valence-electron chi connectivity index (χ4n) is 3.68. The lowest BCUT2D eigenvalue weighted by Gasteiger charge is -2.30. The van der Waals surface area contributed by atoms with Gasteiger partial charge < -0.3 is 14.4 Å². The molecule has 1 aliphatic carbocycles. The first-order chi connectivity index (χ1) is 12.1. The van der Waals surface area contributed by atoms with E-state index in [-0.39, 0.29) is 10.3 Å². The van der Waals surface area contributed by atoms with Crippen LogP contribution in [-0.2, 0) is 10.0 Å². The molecule has 1 aromatic carbocycles. The summed E-state index contributed by atoms with van der Waals surface area (Å²) < 4.78 is 39.1. The van der Waals surface area contributed by atoms with Crippen LogP contribution in [-0.4, -0.2) is 52.7 Å². The third-order valence-corrected chi connectivity index (χ3v) is 6.82. The Bertz CT molecular complexity index is 725. The number of sulfonamides is 1. The van der Waals surface area contributed by atoms with Gasteiger partial charge >= 0.3 is 0 Å². The molecular formula is C18H26N2O4S. The number of nitrogens with zero attached hydrogens (tertiary/aromatic N) is 1. The highest BCUT2D eigenvalue weighted by atomic mass is 32.2. The van der Waals surface area contributed by atoms with Crippen LogP contribution >= 0.6 is 0 Å². The van der Waals surface area contributed by atoms with Crippen molar-refractivity contribution in [3.05, 3.63) is 18.2 Å². The number of rotatable bonds is 6. The van der Waals surface area contributed by atoms with Crippen LogP contribution in [0.1, 0.15) is 32.1 Å². The predicted molar refractivity (Wildman–Crippen MR) is 94.6 cm³/mol. The maximum absolute atomic E-state index is 12.7. The minimum atomic E-state index is -3.53. The second-order valence-corrected chi connectivity index (χ2v) is 9.23. The van der Waals surface area contributed by atoms with Gasteiger partial charge in [0.1, 0.15) is 13.2 Å². The Hall–Kier alpha value is -1.31. The molecule has 25 heavy (non-hydrogen) atoms. The summed E-state index contributed by atoms with van der Waals surface area (Å²) in [4.78, 5) is 2.74. The Labute approximate surface area is 149 Å². The normalized spacial score (nSPS) is 22.6. The molecule has 2 heterocycles. The Morgan fingerprint density at radius 3 is 2.48 bits per heavy atom. The fraction of sp³-hybridized carbons (Fsp3) is 0.667. The molecule has 0 bridgehead atoms. The molecule has 138 valence electrons. The first-order valence-electron chi connectivity index (χ1n) is 9.18. The van der Waals surface area contributed by atoms with E-state index in [2.05, 4.69) is 9.62 Å². The van der Waals surface area contributed by atoms with Crippen molar-refractivity contribution >= 4 is 10.0 Å². The number of benzene rings is 1. The lowest BCUT2D eigenvalue weighted by molar-refractivity contribution is 0.171. The van der Waals surface area contributed by atoms with Gasteiger partial charge in [0.2, 0.25) is 10.0 Å². The Balaban J connectivity index is 1.39. The Morgan fingerprint density at radius 2 is 1.76 bits per heavy atom. The van der Waals surface area contributed by atoms with E-state index in [0.29, 0.717) is 31.3 Å². The summed E-state index contributed by atoms with van der Waals surface area (Å²) in [5, 5.41) is 0. The summed E-state index contributed by atoms with van der Waals surface area (Å²) in [7, 11) is -3.53. The van der Waals surface area contributed by atoms with E-state index in [1.807, 2.05) is 0 Å². The molecule has 6 nitrogen and oxygen atoms in total. The molecule has 0 unspecified atom stereocenters. The molecule has 0 atom stereocenters. The van der Waals surface area contributed by atoms with Gasteiger partial charge in [-0.05, 0) is 56.3 Å². The topological polar surface area (TPSA) is 67.9 Å². The predicted octanol–water partition coefficient (Wildman–Crippen LogP) is 2.00. The minimum absolute atomic E-state index is 0.123. The maximum atomic E-state index is 12.7. The quantitative estimate of drug-likeness (QED) is 0.834. The van der Waals surface area contributed by atoms with Crippen molar-refractivity contribution in [3.8, 4) is 11.5 Å². The summed E-state index contributed by atoms with van der Waals surface area (Å²) in [6.45, 7) is 4.77. The van der Waals surface area contributed by atoms with Crippen molar-refractivity contribution in [2.24, 2.45) is 5.41 Å². The van der Waals surface area contributed by atoms with Crippen molar-refractivity contribution in [2.75, 3.05) is 39.4 Å². The first-order valence-corrected chi connectivity index (χ1v) is 10.7. The zero-order valence-corrected chi connectivity index (χ0v) is 15.3. The molecular weight excluding hydrogens is 340 g/mol. The minimum Gasteiger partial charge on any atom is -0.486 e. The summed E-state index contributed by atoms with van der Waals surface area (Å²) in [5.41, 5.74) is 0.123.